The van der Waals surface area contributed by atoms with Gasteiger partial charge in [0.05, 0.1) is 24.6 Å². The molecular weight excluding hydrogens is 474 g/mol. The largest absolute Gasteiger partial charge is 0.495 e. The molecule has 1 heterocycles. The van der Waals surface area contributed by atoms with E-state index in [4.69, 9.17) is 4.74 Å². The summed E-state index contributed by atoms with van der Waals surface area (Å²) in [5, 5.41) is 5.04. The molecule has 8 nitrogen and oxygen atoms in total. The van der Waals surface area contributed by atoms with Crippen LogP contribution in [0.5, 0.6) is 5.75 Å². The van der Waals surface area contributed by atoms with E-state index in [1.807, 2.05) is 30.3 Å². The number of methoxy groups -OCH3 is 1. The summed E-state index contributed by atoms with van der Waals surface area (Å²) in [7, 11) is -6.11. The molecule has 0 fully saturated rings. The van der Waals surface area contributed by atoms with Gasteiger partial charge in [-0.15, -0.1) is 4.40 Å². The third-order valence-electron chi connectivity index (χ3n) is 5.56. The normalized spacial score (nSPS) is 14.9. The molecule has 3 aromatic carbocycles. The van der Waals surface area contributed by atoms with E-state index in [0.717, 1.165) is 35.4 Å². The van der Waals surface area contributed by atoms with Crippen LogP contribution >= 0.6 is 0 Å². The molecule has 4 rings (SSSR count). The summed E-state index contributed by atoms with van der Waals surface area (Å²) in [6.07, 6.45) is 2.80. The number of sulfonamides is 2. The lowest BCUT2D eigenvalue weighted by Crippen LogP contribution is -2.23. The predicted molar refractivity (Wildman–Crippen MR) is 136 cm³/mol. The minimum atomic E-state index is -4.10. The summed E-state index contributed by atoms with van der Waals surface area (Å²) in [6.45, 7) is 4.33. The lowest BCUT2D eigenvalue weighted by atomic mass is 9.94. The van der Waals surface area contributed by atoms with Crippen LogP contribution in [0, 0.1) is 5.92 Å². The number of hydrogen-bond acceptors (Lipinski definition) is 6. The third kappa shape index (κ3) is 4.88. The molecule has 0 aromatic heterocycles. The zero-order valence-electron chi connectivity index (χ0n) is 19.4. The minimum Gasteiger partial charge on any atom is -0.495 e. The molecule has 3 aromatic rings. The first-order chi connectivity index (χ1) is 16.0. The van der Waals surface area contributed by atoms with E-state index in [0.29, 0.717) is 22.9 Å². The third-order valence-corrected chi connectivity index (χ3v) is 7.48. The van der Waals surface area contributed by atoms with Crippen LogP contribution in [0.15, 0.2) is 57.8 Å². The van der Waals surface area contributed by atoms with Crippen LogP contribution in [0.2, 0.25) is 0 Å². The van der Waals surface area contributed by atoms with E-state index in [1.54, 1.807) is 7.11 Å². The van der Waals surface area contributed by atoms with Gasteiger partial charge in [0.2, 0.25) is 10.0 Å². The Kier molecular flexibility index (Phi) is 6.30. The van der Waals surface area contributed by atoms with Gasteiger partial charge in [-0.3, -0.25) is 4.72 Å². The Labute approximate surface area is 200 Å². The maximum atomic E-state index is 13.1. The first kappa shape index (κ1) is 24.0. The number of fused-ring (bicyclic) bond motifs is 2. The average Bonchev–Trinajstić information content (AvgIpc) is 2.75. The van der Waals surface area contributed by atoms with Crippen molar-refractivity contribution in [3.05, 3.63) is 59.7 Å². The smallest absolute Gasteiger partial charge is 0.286 e. The van der Waals surface area contributed by atoms with Gasteiger partial charge in [0, 0.05) is 11.1 Å². The molecule has 1 aliphatic heterocycles. The van der Waals surface area contributed by atoms with Crippen molar-refractivity contribution in [3.8, 4) is 5.75 Å². The zero-order valence-corrected chi connectivity index (χ0v) is 21.0. The van der Waals surface area contributed by atoms with Crippen LogP contribution < -0.4 is 14.8 Å². The van der Waals surface area contributed by atoms with Gasteiger partial charge in [0.1, 0.15) is 10.6 Å². The molecule has 0 atom stereocenters. The average molecular weight is 502 g/mol. The van der Waals surface area contributed by atoms with Crippen LogP contribution in [0.1, 0.15) is 31.4 Å². The van der Waals surface area contributed by atoms with Crippen molar-refractivity contribution < 1.29 is 21.6 Å². The number of aryl methyl sites for hydroxylation is 1. The maximum Gasteiger partial charge on any atom is 0.286 e. The van der Waals surface area contributed by atoms with Gasteiger partial charge in [-0.2, -0.15) is 8.42 Å². The van der Waals surface area contributed by atoms with Crippen molar-refractivity contribution >= 4 is 48.0 Å². The molecule has 0 aliphatic carbocycles. The summed E-state index contributed by atoms with van der Waals surface area (Å²) in [4.78, 5) is -0.107. The SMILES string of the molecule is COc1c(C2=NS(=O)(=O)c3cc(NS(C)(=O)=O)ccc3N2)cc(CCC(C)C)c2ccccc12. The van der Waals surface area contributed by atoms with Crippen molar-refractivity contribution in [2.75, 3.05) is 23.4 Å². The second kappa shape index (κ2) is 8.92. The highest BCUT2D eigenvalue weighted by molar-refractivity contribution is 7.92. The maximum absolute atomic E-state index is 13.1. The second-order valence-corrected chi connectivity index (χ2v) is 12.0. The molecule has 34 heavy (non-hydrogen) atoms. The van der Waals surface area contributed by atoms with Gasteiger partial charge in [0.25, 0.3) is 10.0 Å². The molecule has 0 radical (unpaired) electrons. The zero-order chi connectivity index (χ0) is 24.7. The molecule has 1 aliphatic rings. The van der Waals surface area contributed by atoms with Crippen molar-refractivity contribution in [2.24, 2.45) is 10.3 Å². The molecule has 0 bridgehead atoms. The van der Waals surface area contributed by atoms with Gasteiger partial charge in [-0.1, -0.05) is 38.1 Å². The van der Waals surface area contributed by atoms with E-state index in [9.17, 15) is 16.8 Å². The highest BCUT2D eigenvalue weighted by Crippen LogP contribution is 2.37. The minimum absolute atomic E-state index is 0.107. The molecule has 2 N–H and O–H groups in total. The number of nitrogens with one attached hydrogen (secondary N) is 2. The Morgan fingerprint density at radius 3 is 2.44 bits per heavy atom. The number of benzene rings is 3. The lowest BCUT2D eigenvalue weighted by molar-refractivity contribution is 0.419. The number of ether oxygens (including phenoxy) is 1. The van der Waals surface area contributed by atoms with E-state index in [2.05, 4.69) is 28.3 Å². The number of amidine groups is 1. The number of nitrogens with zero attached hydrogens (tertiary/aromatic N) is 1. The summed E-state index contributed by atoms with van der Waals surface area (Å²) in [5.74, 6) is 1.20. The van der Waals surface area contributed by atoms with Gasteiger partial charge >= 0.3 is 0 Å². The fourth-order valence-corrected chi connectivity index (χ4v) is 5.73. The Morgan fingerprint density at radius 2 is 1.79 bits per heavy atom. The van der Waals surface area contributed by atoms with Gasteiger partial charge in [-0.05, 0) is 54.0 Å². The fraction of sp³-hybridized carbons (Fsp3) is 0.292. The van der Waals surface area contributed by atoms with E-state index < -0.39 is 20.0 Å². The number of anilines is 2. The Hall–Kier alpha value is -3.11. The van der Waals surface area contributed by atoms with Crippen molar-refractivity contribution in [1.82, 2.24) is 0 Å². The van der Waals surface area contributed by atoms with Gasteiger partial charge in [0.15, 0.2) is 5.84 Å². The van der Waals surface area contributed by atoms with Crippen molar-refractivity contribution in [2.45, 2.75) is 31.6 Å². The van der Waals surface area contributed by atoms with E-state index in [1.165, 1.54) is 18.2 Å². The highest BCUT2D eigenvalue weighted by Gasteiger charge is 2.28. The van der Waals surface area contributed by atoms with Gasteiger partial charge < -0.3 is 10.1 Å². The number of rotatable bonds is 7. The molecule has 10 heteroatoms. The molecule has 0 unspecified atom stereocenters. The topological polar surface area (TPSA) is 114 Å². The molecule has 0 saturated heterocycles. The van der Waals surface area contributed by atoms with Crippen LogP contribution in [0.25, 0.3) is 10.8 Å². The lowest BCUT2D eigenvalue weighted by Gasteiger charge is -2.22. The summed E-state index contributed by atoms with van der Waals surface area (Å²) in [5.41, 5.74) is 2.08. The monoisotopic (exact) mass is 501 g/mol. The summed E-state index contributed by atoms with van der Waals surface area (Å²) < 4.78 is 61.4. The second-order valence-electron chi connectivity index (χ2n) is 8.72. The molecule has 0 saturated carbocycles. The first-order valence-electron chi connectivity index (χ1n) is 10.8. The molecule has 0 spiro atoms. The van der Waals surface area contributed by atoms with Crippen LogP contribution in [0.4, 0.5) is 11.4 Å². The van der Waals surface area contributed by atoms with Crippen LogP contribution in [-0.2, 0) is 26.5 Å². The first-order valence-corrected chi connectivity index (χ1v) is 14.1. The van der Waals surface area contributed by atoms with Crippen LogP contribution in [0.3, 0.4) is 0 Å². The Bertz CT molecular complexity index is 1510. The van der Waals surface area contributed by atoms with E-state index >= 15 is 0 Å². The van der Waals surface area contributed by atoms with Crippen LogP contribution in [-0.4, -0.2) is 36.0 Å². The Morgan fingerprint density at radius 1 is 1.09 bits per heavy atom. The molecular formula is C24H27N3O5S2. The highest BCUT2D eigenvalue weighted by atomic mass is 32.2. The predicted octanol–water partition coefficient (Wildman–Crippen LogP) is 4.37. The fourth-order valence-electron chi connectivity index (χ4n) is 4.02. The van der Waals surface area contributed by atoms with E-state index in [-0.39, 0.29) is 16.4 Å². The molecule has 180 valence electrons. The van der Waals surface area contributed by atoms with Crippen molar-refractivity contribution in [1.29, 1.82) is 0 Å². The Balaban J connectivity index is 1.86. The van der Waals surface area contributed by atoms with Gasteiger partial charge in [-0.25, -0.2) is 8.42 Å². The summed E-state index contributed by atoms with van der Waals surface area (Å²) in [6, 6.07) is 14.1. The number of hydrogen-bond donors (Lipinski definition) is 2. The van der Waals surface area contributed by atoms with Crippen molar-refractivity contribution in [3.63, 3.8) is 0 Å². The standard InChI is InChI=1S/C24H27N3O5S2/c1-15(2)9-10-16-13-20(23(32-3)19-8-6-5-7-18(16)19)24-25-21-12-11-17(26-33(4,28)29)14-22(21)34(30,31)27-24/h5-8,11-15,26H,9-10H2,1-4H3,(H,25,27). The quantitative estimate of drug-likeness (QED) is 0.497. The summed E-state index contributed by atoms with van der Waals surface area (Å²) >= 11 is 0. The molecule has 0 amide bonds.